The number of hydrogen-bond acceptors (Lipinski definition) is 2. The van der Waals surface area contributed by atoms with Crippen LogP contribution >= 0.6 is 23.2 Å². The lowest BCUT2D eigenvalue weighted by Crippen LogP contribution is -2.32. The first-order valence-electron chi connectivity index (χ1n) is 9.02. The van der Waals surface area contributed by atoms with Gasteiger partial charge >= 0.3 is 0 Å². The van der Waals surface area contributed by atoms with E-state index >= 15 is 0 Å². The highest BCUT2D eigenvalue weighted by Gasteiger charge is 2.32. The van der Waals surface area contributed by atoms with E-state index in [0.717, 1.165) is 24.0 Å². The first-order chi connectivity index (χ1) is 13.0. The molecule has 2 amide bonds. The van der Waals surface area contributed by atoms with Crippen LogP contribution in [-0.4, -0.2) is 29.8 Å². The summed E-state index contributed by atoms with van der Waals surface area (Å²) in [6.07, 6.45) is 3.09. The van der Waals surface area contributed by atoms with Gasteiger partial charge in [-0.15, -0.1) is 0 Å². The van der Waals surface area contributed by atoms with Crippen LogP contribution in [0.1, 0.15) is 40.7 Å². The molecule has 0 atom stereocenters. The van der Waals surface area contributed by atoms with E-state index in [1.54, 1.807) is 31.3 Å². The standard InChI is InChI=1S/C21H22Cl2N2O2/c1-24-21(27)16-4-2-14(3-5-16)13-25(18-9-10-18)20(26)11-7-15-6-8-17(22)12-19(15)23/h2-6,8,12,18H,7,9-11,13H2,1H3,(H,24,27). The lowest BCUT2D eigenvalue weighted by molar-refractivity contribution is -0.132. The maximum absolute atomic E-state index is 12.8. The van der Waals surface area contributed by atoms with E-state index in [1.165, 1.54) is 0 Å². The fourth-order valence-electron chi connectivity index (χ4n) is 3.02. The first kappa shape index (κ1) is 19.7. The summed E-state index contributed by atoms with van der Waals surface area (Å²) in [5.74, 6) is 0.00964. The molecule has 6 heteroatoms. The number of nitrogens with one attached hydrogen (secondary N) is 1. The Morgan fingerprint density at radius 3 is 2.41 bits per heavy atom. The normalized spacial score (nSPS) is 13.3. The predicted octanol–water partition coefficient (Wildman–Crippen LogP) is 4.48. The van der Waals surface area contributed by atoms with Gasteiger partial charge < -0.3 is 10.2 Å². The van der Waals surface area contributed by atoms with Crippen LogP contribution in [0.15, 0.2) is 42.5 Å². The van der Waals surface area contributed by atoms with Gasteiger partial charge in [0.25, 0.3) is 5.91 Å². The minimum Gasteiger partial charge on any atom is -0.355 e. The molecule has 27 heavy (non-hydrogen) atoms. The molecule has 142 valence electrons. The molecule has 2 aromatic carbocycles. The maximum atomic E-state index is 12.8. The molecule has 1 aliphatic rings. The smallest absolute Gasteiger partial charge is 0.251 e. The summed E-state index contributed by atoms with van der Waals surface area (Å²) in [4.78, 5) is 26.4. The van der Waals surface area contributed by atoms with Crippen LogP contribution in [0.4, 0.5) is 0 Å². The zero-order valence-electron chi connectivity index (χ0n) is 15.2. The van der Waals surface area contributed by atoms with Gasteiger partial charge in [0.05, 0.1) is 0 Å². The van der Waals surface area contributed by atoms with Gasteiger partial charge in [0.2, 0.25) is 5.91 Å². The van der Waals surface area contributed by atoms with E-state index in [-0.39, 0.29) is 11.8 Å². The molecule has 0 unspecified atom stereocenters. The Kier molecular flexibility index (Phi) is 6.40. The van der Waals surface area contributed by atoms with Crippen LogP contribution in [0.2, 0.25) is 10.0 Å². The van der Waals surface area contributed by atoms with E-state index in [9.17, 15) is 9.59 Å². The van der Waals surface area contributed by atoms with Crippen LogP contribution < -0.4 is 5.32 Å². The number of hydrogen-bond donors (Lipinski definition) is 1. The Morgan fingerprint density at radius 1 is 1.11 bits per heavy atom. The van der Waals surface area contributed by atoms with Crippen LogP contribution in [0.3, 0.4) is 0 Å². The monoisotopic (exact) mass is 404 g/mol. The number of amides is 2. The zero-order valence-corrected chi connectivity index (χ0v) is 16.7. The van der Waals surface area contributed by atoms with Crippen molar-refractivity contribution < 1.29 is 9.59 Å². The highest BCUT2D eigenvalue weighted by Crippen LogP contribution is 2.30. The fraction of sp³-hybridized carbons (Fsp3) is 0.333. The van der Waals surface area contributed by atoms with Crippen molar-refractivity contribution in [2.75, 3.05) is 7.05 Å². The van der Waals surface area contributed by atoms with Crippen molar-refractivity contribution in [3.05, 3.63) is 69.2 Å². The third-order valence-electron chi connectivity index (χ3n) is 4.73. The van der Waals surface area contributed by atoms with Crippen LogP contribution in [-0.2, 0) is 17.8 Å². The first-order valence-corrected chi connectivity index (χ1v) is 9.78. The second-order valence-corrected chi connectivity index (χ2v) is 7.61. The van der Waals surface area contributed by atoms with Gasteiger partial charge in [0.1, 0.15) is 0 Å². The topological polar surface area (TPSA) is 49.4 Å². The molecule has 0 aromatic heterocycles. The van der Waals surface area contributed by atoms with Crippen molar-refractivity contribution in [1.82, 2.24) is 10.2 Å². The minimum absolute atomic E-state index is 0.114. The molecular formula is C21H22Cl2N2O2. The number of aryl methyl sites for hydroxylation is 1. The molecule has 2 aromatic rings. The van der Waals surface area contributed by atoms with Crippen molar-refractivity contribution >= 4 is 35.0 Å². The van der Waals surface area contributed by atoms with Gasteiger partial charge in [-0.1, -0.05) is 41.4 Å². The summed E-state index contributed by atoms with van der Waals surface area (Å²) in [6.45, 7) is 0.561. The number of halogens is 2. The average molecular weight is 405 g/mol. The second kappa shape index (κ2) is 8.77. The molecule has 4 nitrogen and oxygen atoms in total. The predicted molar refractivity (Wildman–Crippen MR) is 108 cm³/mol. The van der Waals surface area contributed by atoms with E-state index in [2.05, 4.69) is 5.32 Å². The van der Waals surface area contributed by atoms with Crippen molar-refractivity contribution in [3.63, 3.8) is 0 Å². The Hall–Kier alpha value is -2.04. The molecule has 3 rings (SSSR count). The SMILES string of the molecule is CNC(=O)c1ccc(CN(C(=O)CCc2ccc(Cl)cc2Cl)C2CC2)cc1. The van der Waals surface area contributed by atoms with E-state index in [4.69, 9.17) is 23.2 Å². The summed E-state index contributed by atoms with van der Waals surface area (Å²) in [5.41, 5.74) is 2.57. The lowest BCUT2D eigenvalue weighted by atomic mass is 10.1. The molecule has 1 saturated carbocycles. The van der Waals surface area contributed by atoms with Crippen molar-refractivity contribution in [1.29, 1.82) is 0 Å². The number of benzene rings is 2. The van der Waals surface area contributed by atoms with Crippen LogP contribution in [0.5, 0.6) is 0 Å². The van der Waals surface area contributed by atoms with Gasteiger partial charge in [-0.2, -0.15) is 0 Å². The molecule has 1 fully saturated rings. The Bertz CT molecular complexity index is 833. The molecule has 0 saturated heterocycles. The number of carbonyl (C=O) groups excluding carboxylic acids is 2. The Morgan fingerprint density at radius 2 is 1.81 bits per heavy atom. The van der Waals surface area contributed by atoms with E-state index in [1.807, 2.05) is 23.1 Å². The highest BCUT2D eigenvalue weighted by molar-refractivity contribution is 6.35. The Balaban J connectivity index is 1.63. The van der Waals surface area contributed by atoms with Crippen molar-refractivity contribution in [2.24, 2.45) is 0 Å². The molecule has 1 N–H and O–H groups in total. The number of nitrogens with zero attached hydrogens (tertiary/aromatic N) is 1. The summed E-state index contributed by atoms with van der Waals surface area (Å²) in [7, 11) is 1.61. The van der Waals surface area contributed by atoms with Crippen molar-refractivity contribution in [3.8, 4) is 0 Å². The quantitative estimate of drug-likeness (QED) is 0.739. The van der Waals surface area contributed by atoms with Gasteiger partial charge in [-0.25, -0.2) is 0 Å². The van der Waals surface area contributed by atoms with Gasteiger partial charge in [0.15, 0.2) is 0 Å². The number of rotatable bonds is 7. The third kappa shape index (κ3) is 5.24. The highest BCUT2D eigenvalue weighted by atomic mass is 35.5. The molecule has 0 heterocycles. The van der Waals surface area contributed by atoms with Gasteiger partial charge in [-0.05, 0) is 54.7 Å². The van der Waals surface area contributed by atoms with Crippen LogP contribution in [0.25, 0.3) is 0 Å². The largest absolute Gasteiger partial charge is 0.355 e. The lowest BCUT2D eigenvalue weighted by Gasteiger charge is -2.23. The van der Waals surface area contributed by atoms with Gasteiger partial charge in [-0.3, -0.25) is 9.59 Å². The summed E-state index contributed by atoms with van der Waals surface area (Å²) < 4.78 is 0. The third-order valence-corrected chi connectivity index (χ3v) is 5.31. The maximum Gasteiger partial charge on any atom is 0.251 e. The molecular weight excluding hydrogens is 383 g/mol. The van der Waals surface area contributed by atoms with Crippen LogP contribution in [0, 0.1) is 0 Å². The summed E-state index contributed by atoms with van der Waals surface area (Å²) in [6, 6.07) is 13.1. The average Bonchev–Trinajstić information content (AvgIpc) is 3.50. The minimum atomic E-state index is -0.114. The summed E-state index contributed by atoms with van der Waals surface area (Å²) in [5, 5.41) is 3.79. The Labute approximate surface area is 169 Å². The molecule has 1 aliphatic carbocycles. The van der Waals surface area contributed by atoms with E-state index < -0.39 is 0 Å². The van der Waals surface area contributed by atoms with Gasteiger partial charge in [0, 0.05) is 41.7 Å². The molecule has 0 spiro atoms. The second-order valence-electron chi connectivity index (χ2n) is 6.76. The fourth-order valence-corrected chi connectivity index (χ4v) is 3.52. The molecule has 0 aliphatic heterocycles. The number of carbonyl (C=O) groups is 2. The molecule has 0 bridgehead atoms. The van der Waals surface area contributed by atoms with Crippen molar-refractivity contribution in [2.45, 2.75) is 38.3 Å². The zero-order chi connectivity index (χ0) is 19.4. The molecule has 0 radical (unpaired) electrons. The van der Waals surface area contributed by atoms with E-state index in [0.29, 0.717) is 41.0 Å². The summed E-state index contributed by atoms with van der Waals surface area (Å²) >= 11 is 12.1.